The van der Waals surface area contributed by atoms with E-state index in [0.717, 1.165) is 42.9 Å². The van der Waals surface area contributed by atoms with E-state index in [1.54, 1.807) is 12.3 Å². The molecule has 1 fully saturated rings. The Morgan fingerprint density at radius 3 is 2.03 bits per heavy atom. The van der Waals surface area contributed by atoms with E-state index in [1.165, 1.54) is 89.5 Å². The van der Waals surface area contributed by atoms with Gasteiger partial charge in [0.15, 0.2) is 17.9 Å². The fraction of sp³-hybridized carbons (Fsp3) is 0.667. The quantitative estimate of drug-likeness (QED) is 0.170. The highest BCUT2D eigenvalue weighted by molar-refractivity contribution is 5.60. The van der Waals surface area contributed by atoms with Crippen molar-refractivity contribution in [3.8, 4) is 17.0 Å². The summed E-state index contributed by atoms with van der Waals surface area (Å²) in [5.74, 6) is 0.428. The number of nitrogens with zero attached hydrogens (tertiary/aromatic N) is 1. The van der Waals surface area contributed by atoms with Gasteiger partial charge in [-0.3, -0.25) is 4.98 Å². The third-order valence-electron chi connectivity index (χ3n) is 7.47. The van der Waals surface area contributed by atoms with Crippen LogP contribution in [0.2, 0.25) is 0 Å². The molecule has 0 atom stereocenters. The zero-order valence-electron chi connectivity index (χ0n) is 23.9. The number of pyridine rings is 1. The van der Waals surface area contributed by atoms with Gasteiger partial charge in [0.1, 0.15) is 0 Å². The summed E-state index contributed by atoms with van der Waals surface area (Å²) in [5, 5.41) is 0. The highest BCUT2D eigenvalue weighted by Crippen LogP contribution is 2.29. The fourth-order valence-electron chi connectivity index (χ4n) is 5.03. The first kappa shape index (κ1) is 30.6. The van der Waals surface area contributed by atoms with Crippen molar-refractivity contribution in [3.05, 3.63) is 47.9 Å². The predicted octanol–water partition coefficient (Wildman–Crippen LogP) is 9.82. The Bertz CT molecular complexity index is 880. The summed E-state index contributed by atoms with van der Waals surface area (Å²) in [6.45, 7) is 6.45. The SMILES string of the molecule is CCCCCCCCCCCC[C@H]1CO[C@H](c2ccc(-c3ccc(OCCCCCC)c(F)c3)nc2)OC1. The number of hydrogen-bond donors (Lipinski definition) is 0. The lowest BCUT2D eigenvalue weighted by Gasteiger charge is -2.29. The number of halogens is 1. The monoisotopic (exact) mass is 527 g/mol. The zero-order valence-corrected chi connectivity index (χ0v) is 23.9. The van der Waals surface area contributed by atoms with Gasteiger partial charge in [-0.05, 0) is 37.1 Å². The second-order valence-electron chi connectivity index (χ2n) is 10.9. The molecular weight excluding hydrogens is 477 g/mol. The second kappa shape index (κ2) is 18.3. The molecule has 0 spiro atoms. The maximum atomic E-state index is 14.5. The molecule has 0 N–H and O–H groups in total. The lowest BCUT2D eigenvalue weighted by molar-refractivity contribution is -0.206. The minimum absolute atomic E-state index is 0.304. The Morgan fingerprint density at radius 1 is 0.789 bits per heavy atom. The molecule has 2 aromatic rings. The Hall–Kier alpha value is -1.98. The minimum atomic E-state index is -0.374. The lowest BCUT2D eigenvalue weighted by atomic mass is 10.0. The van der Waals surface area contributed by atoms with Gasteiger partial charge < -0.3 is 14.2 Å². The molecule has 2 heterocycles. The van der Waals surface area contributed by atoms with Crippen molar-refractivity contribution in [2.75, 3.05) is 19.8 Å². The molecule has 38 heavy (non-hydrogen) atoms. The fourth-order valence-corrected chi connectivity index (χ4v) is 5.03. The van der Waals surface area contributed by atoms with Crippen LogP contribution in [0.4, 0.5) is 4.39 Å². The summed E-state index contributed by atoms with van der Waals surface area (Å²) in [6, 6.07) is 8.92. The first-order valence-corrected chi connectivity index (χ1v) is 15.3. The summed E-state index contributed by atoms with van der Waals surface area (Å²) in [5.41, 5.74) is 2.35. The molecule has 4 nitrogen and oxygen atoms in total. The van der Waals surface area contributed by atoms with Gasteiger partial charge in [-0.2, -0.15) is 0 Å². The van der Waals surface area contributed by atoms with Gasteiger partial charge in [0.2, 0.25) is 0 Å². The van der Waals surface area contributed by atoms with E-state index < -0.39 is 0 Å². The smallest absolute Gasteiger partial charge is 0.185 e. The minimum Gasteiger partial charge on any atom is -0.491 e. The molecule has 1 aromatic carbocycles. The van der Waals surface area contributed by atoms with E-state index in [-0.39, 0.29) is 12.1 Å². The van der Waals surface area contributed by atoms with Crippen LogP contribution in [0.15, 0.2) is 36.5 Å². The first-order chi connectivity index (χ1) is 18.7. The summed E-state index contributed by atoms with van der Waals surface area (Å²) in [7, 11) is 0. The molecule has 0 radical (unpaired) electrons. The molecular formula is C33H50FNO3. The van der Waals surface area contributed by atoms with Gasteiger partial charge in [-0.1, -0.05) is 103 Å². The standard InChI is InChI=1S/C33H50FNO3/c1-3-5-7-9-10-11-12-13-14-15-17-27-25-37-33(38-26-27)29-18-20-31(35-24-29)28-19-21-32(30(34)23-28)36-22-16-8-6-4-2/h18-21,23-24,27,33H,3-17,22,25-26H2,1-2H3/t27-,33-. The van der Waals surface area contributed by atoms with Crippen molar-refractivity contribution in [1.29, 1.82) is 0 Å². The number of rotatable bonds is 19. The highest BCUT2D eigenvalue weighted by Gasteiger charge is 2.23. The van der Waals surface area contributed by atoms with E-state index in [9.17, 15) is 4.39 Å². The van der Waals surface area contributed by atoms with Crippen molar-refractivity contribution < 1.29 is 18.6 Å². The molecule has 0 aliphatic carbocycles. The molecule has 5 heteroatoms. The Balaban J connectivity index is 1.33. The molecule has 0 bridgehead atoms. The number of unbranched alkanes of at least 4 members (excludes halogenated alkanes) is 12. The van der Waals surface area contributed by atoms with Crippen molar-refractivity contribution in [2.24, 2.45) is 5.92 Å². The Morgan fingerprint density at radius 2 is 1.42 bits per heavy atom. The molecule has 0 saturated carbocycles. The van der Waals surface area contributed by atoms with Crippen LogP contribution in [0.25, 0.3) is 11.3 Å². The van der Waals surface area contributed by atoms with Crippen LogP contribution < -0.4 is 4.74 Å². The maximum Gasteiger partial charge on any atom is 0.185 e. The molecule has 212 valence electrons. The topological polar surface area (TPSA) is 40.6 Å². The van der Waals surface area contributed by atoms with Crippen LogP contribution in [-0.2, 0) is 9.47 Å². The van der Waals surface area contributed by atoms with Crippen molar-refractivity contribution in [3.63, 3.8) is 0 Å². The molecule has 1 aliphatic heterocycles. The van der Waals surface area contributed by atoms with E-state index in [4.69, 9.17) is 14.2 Å². The Kier molecular flexibility index (Phi) is 14.7. The molecule has 1 aliphatic rings. The van der Waals surface area contributed by atoms with Crippen molar-refractivity contribution >= 4 is 0 Å². The average Bonchev–Trinajstić information content (AvgIpc) is 2.95. The van der Waals surface area contributed by atoms with E-state index in [0.29, 0.717) is 18.3 Å². The highest BCUT2D eigenvalue weighted by atomic mass is 19.1. The summed E-state index contributed by atoms with van der Waals surface area (Å²) in [4.78, 5) is 4.55. The first-order valence-electron chi connectivity index (χ1n) is 15.3. The van der Waals surface area contributed by atoms with Crippen molar-refractivity contribution in [1.82, 2.24) is 4.98 Å². The largest absolute Gasteiger partial charge is 0.491 e. The maximum absolute atomic E-state index is 14.5. The van der Waals surface area contributed by atoms with Crippen LogP contribution in [0.3, 0.4) is 0 Å². The van der Waals surface area contributed by atoms with Crippen LogP contribution in [0.1, 0.15) is 122 Å². The van der Waals surface area contributed by atoms with Gasteiger partial charge in [0.25, 0.3) is 0 Å². The van der Waals surface area contributed by atoms with E-state index in [1.807, 2.05) is 18.2 Å². The van der Waals surface area contributed by atoms with Gasteiger partial charge in [-0.15, -0.1) is 0 Å². The van der Waals surface area contributed by atoms with Gasteiger partial charge >= 0.3 is 0 Å². The van der Waals surface area contributed by atoms with Gasteiger partial charge in [0, 0.05) is 23.2 Å². The summed E-state index contributed by atoms with van der Waals surface area (Å²) in [6.07, 6.45) is 20.6. The van der Waals surface area contributed by atoms with Crippen LogP contribution in [0, 0.1) is 11.7 Å². The van der Waals surface area contributed by atoms with Gasteiger partial charge in [-0.25, -0.2) is 4.39 Å². The predicted molar refractivity (Wildman–Crippen MR) is 154 cm³/mol. The van der Waals surface area contributed by atoms with Crippen LogP contribution in [-0.4, -0.2) is 24.8 Å². The molecule has 3 rings (SSSR count). The van der Waals surface area contributed by atoms with Crippen LogP contribution in [0.5, 0.6) is 5.75 Å². The van der Waals surface area contributed by atoms with E-state index >= 15 is 0 Å². The summed E-state index contributed by atoms with van der Waals surface area (Å²) < 4.78 is 32.2. The third-order valence-corrected chi connectivity index (χ3v) is 7.47. The molecule has 1 aromatic heterocycles. The average molecular weight is 528 g/mol. The van der Waals surface area contributed by atoms with Crippen molar-refractivity contribution in [2.45, 2.75) is 116 Å². The summed E-state index contributed by atoms with van der Waals surface area (Å²) >= 11 is 0. The van der Waals surface area contributed by atoms with Crippen LogP contribution >= 0.6 is 0 Å². The zero-order chi connectivity index (χ0) is 26.8. The lowest BCUT2D eigenvalue weighted by Crippen LogP contribution is -2.27. The molecule has 0 amide bonds. The van der Waals surface area contributed by atoms with Gasteiger partial charge in [0.05, 0.1) is 25.5 Å². The number of hydrogen-bond acceptors (Lipinski definition) is 4. The number of benzene rings is 1. The second-order valence-corrected chi connectivity index (χ2v) is 10.9. The number of aromatic nitrogens is 1. The molecule has 1 saturated heterocycles. The normalized spacial score (nSPS) is 17.6. The molecule has 0 unspecified atom stereocenters. The van der Waals surface area contributed by atoms with E-state index in [2.05, 4.69) is 18.8 Å². The third kappa shape index (κ3) is 11.0. The Labute approximate surface area is 230 Å². The number of ether oxygens (including phenoxy) is 3.